The molecule has 0 bridgehead atoms. The van der Waals surface area contributed by atoms with Crippen molar-refractivity contribution < 1.29 is 14.2 Å². The molecule has 0 saturated carbocycles. The molecular weight excluding hydrogens is 373 g/mol. The maximum Gasteiger partial charge on any atom is 0.157 e. The minimum Gasteiger partial charge on any atom is -0.492 e. The van der Waals surface area contributed by atoms with Crippen LogP contribution in [0.25, 0.3) is 5.57 Å². The second-order valence-corrected chi connectivity index (χ2v) is 8.40. The van der Waals surface area contributed by atoms with Gasteiger partial charge in [0, 0.05) is 37.5 Å². The number of aliphatic hydroxyl groups excluding tert-OH is 1. The van der Waals surface area contributed by atoms with Gasteiger partial charge < -0.3 is 25.4 Å². The van der Waals surface area contributed by atoms with Gasteiger partial charge in [-0.2, -0.15) is 0 Å². The van der Waals surface area contributed by atoms with E-state index in [1.807, 2.05) is 31.1 Å². The van der Waals surface area contributed by atoms with Crippen LogP contribution >= 0.6 is 0 Å². The number of likely N-dealkylation sites (N-methyl/N-ethyl adjacent to an activating group) is 1. The molecule has 1 fully saturated rings. The first-order valence-corrected chi connectivity index (χ1v) is 10.4. The van der Waals surface area contributed by atoms with Crippen LogP contribution in [0.15, 0.2) is 12.1 Å². The third-order valence-corrected chi connectivity index (χ3v) is 5.92. The van der Waals surface area contributed by atoms with Crippen LogP contribution in [-0.4, -0.2) is 68.4 Å². The van der Waals surface area contributed by atoms with E-state index in [2.05, 4.69) is 28.2 Å². The maximum atomic E-state index is 15.8. The van der Waals surface area contributed by atoms with Crippen molar-refractivity contribution in [2.75, 3.05) is 39.1 Å². The summed E-state index contributed by atoms with van der Waals surface area (Å²) in [7, 11) is 3.87. The van der Waals surface area contributed by atoms with Crippen molar-refractivity contribution in [3.05, 3.63) is 29.1 Å². The van der Waals surface area contributed by atoms with Crippen LogP contribution in [0.3, 0.4) is 0 Å². The standard InChI is InChI=1S/C21H32FN5O2/c1-12-8-17(23-2)26-21(24-12)25-16-10-14-5-7-29-20(14)18(19(16)22)13-4-6-27(3)11-15(28)9-13/h4,10,12,15,17,21,23-26,28H,5-9,11H2,1-3H3/t12?,15-,17?,21?/m1/s1. The third kappa shape index (κ3) is 4.41. The fraction of sp³-hybridized carbons (Fsp3) is 0.619. The average molecular weight is 406 g/mol. The lowest BCUT2D eigenvalue weighted by Crippen LogP contribution is -2.63. The molecule has 3 unspecified atom stereocenters. The molecule has 5 N–H and O–H groups in total. The highest BCUT2D eigenvalue weighted by Gasteiger charge is 2.30. The Morgan fingerprint density at radius 1 is 1.34 bits per heavy atom. The Kier molecular flexibility index (Phi) is 6.08. The van der Waals surface area contributed by atoms with E-state index in [1.54, 1.807) is 0 Å². The minimum atomic E-state index is -0.527. The van der Waals surface area contributed by atoms with Crippen molar-refractivity contribution in [1.82, 2.24) is 20.9 Å². The number of fused-ring (bicyclic) bond motifs is 1. The van der Waals surface area contributed by atoms with Gasteiger partial charge in [-0.3, -0.25) is 10.6 Å². The molecule has 0 radical (unpaired) electrons. The van der Waals surface area contributed by atoms with E-state index in [9.17, 15) is 5.11 Å². The van der Waals surface area contributed by atoms with Gasteiger partial charge in [0.2, 0.25) is 0 Å². The van der Waals surface area contributed by atoms with E-state index in [1.165, 1.54) is 0 Å². The Bertz CT molecular complexity index is 787. The number of ether oxygens (including phenoxy) is 1. The van der Waals surface area contributed by atoms with Crippen molar-refractivity contribution in [3.8, 4) is 5.75 Å². The molecule has 4 rings (SSSR count). The predicted molar refractivity (Wildman–Crippen MR) is 112 cm³/mol. The van der Waals surface area contributed by atoms with Gasteiger partial charge in [-0.1, -0.05) is 6.08 Å². The van der Waals surface area contributed by atoms with Crippen molar-refractivity contribution in [2.45, 2.75) is 50.8 Å². The van der Waals surface area contributed by atoms with Crippen LogP contribution in [0.2, 0.25) is 0 Å². The Morgan fingerprint density at radius 3 is 2.97 bits per heavy atom. The summed E-state index contributed by atoms with van der Waals surface area (Å²) in [4.78, 5) is 2.04. The lowest BCUT2D eigenvalue weighted by atomic mass is 9.95. The lowest BCUT2D eigenvalue weighted by molar-refractivity contribution is 0.139. The summed E-state index contributed by atoms with van der Waals surface area (Å²) in [5, 5.41) is 23.7. The summed E-state index contributed by atoms with van der Waals surface area (Å²) in [5.74, 6) is 0.304. The topological polar surface area (TPSA) is 80.8 Å². The van der Waals surface area contributed by atoms with E-state index >= 15 is 4.39 Å². The normalized spacial score (nSPS) is 30.3. The van der Waals surface area contributed by atoms with Crippen molar-refractivity contribution in [3.63, 3.8) is 0 Å². The van der Waals surface area contributed by atoms with Crippen molar-refractivity contribution in [1.29, 1.82) is 0 Å². The number of hydrogen-bond donors (Lipinski definition) is 5. The van der Waals surface area contributed by atoms with E-state index in [0.717, 1.165) is 24.0 Å². The molecule has 3 heterocycles. The molecule has 0 aromatic heterocycles. The fourth-order valence-corrected chi connectivity index (χ4v) is 4.47. The van der Waals surface area contributed by atoms with Gasteiger partial charge >= 0.3 is 0 Å². The third-order valence-electron chi connectivity index (χ3n) is 5.92. The Hall–Kier alpha value is -1.71. The molecule has 1 saturated heterocycles. The first-order valence-electron chi connectivity index (χ1n) is 10.4. The van der Waals surface area contributed by atoms with Crippen LogP contribution in [-0.2, 0) is 6.42 Å². The van der Waals surface area contributed by atoms with Crippen molar-refractivity contribution >= 4 is 11.3 Å². The molecule has 8 heteroatoms. The molecule has 4 atom stereocenters. The molecule has 0 amide bonds. The zero-order valence-electron chi connectivity index (χ0n) is 17.4. The molecule has 7 nitrogen and oxygen atoms in total. The van der Waals surface area contributed by atoms with Gasteiger partial charge in [0.1, 0.15) is 12.0 Å². The van der Waals surface area contributed by atoms with E-state index in [4.69, 9.17) is 4.74 Å². The largest absolute Gasteiger partial charge is 0.492 e. The van der Waals surface area contributed by atoms with Crippen molar-refractivity contribution in [2.24, 2.45) is 0 Å². The van der Waals surface area contributed by atoms with E-state index in [0.29, 0.717) is 49.2 Å². The monoisotopic (exact) mass is 405 g/mol. The van der Waals surface area contributed by atoms with Gasteiger partial charge in [-0.05, 0) is 39.1 Å². The van der Waals surface area contributed by atoms with Crippen LogP contribution in [0.1, 0.15) is 30.9 Å². The smallest absolute Gasteiger partial charge is 0.157 e. The highest BCUT2D eigenvalue weighted by Crippen LogP contribution is 2.41. The zero-order chi connectivity index (χ0) is 20.5. The van der Waals surface area contributed by atoms with Gasteiger partial charge in [0.05, 0.1) is 30.1 Å². The molecule has 1 aromatic carbocycles. The molecular formula is C21H32FN5O2. The summed E-state index contributed by atoms with van der Waals surface area (Å²) < 4.78 is 21.6. The van der Waals surface area contributed by atoms with E-state index < -0.39 is 6.10 Å². The zero-order valence-corrected chi connectivity index (χ0v) is 17.4. The second-order valence-electron chi connectivity index (χ2n) is 8.40. The molecule has 29 heavy (non-hydrogen) atoms. The lowest BCUT2D eigenvalue weighted by Gasteiger charge is -2.37. The average Bonchev–Trinajstić information content (AvgIpc) is 3.06. The summed E-state index contributed by atoms with van der Waals surface area (Å²) in [6.07, 6.45) is 3.50. The number of benzene rings is 1. The highest BCUT2D eigenvalue weighted by atomic mass is 19.1. The number of nitrogens with one attached hydrogen (secondary N) is 4. The maximum absolute atomic E-state index is 15.8. The number of nitrogens with zero attached hydrogens (tertiary/aromatic N) is 1. The molecule has 3 aliphatic rings. The molecule has 3 aliphatic heterocycles. The Balaban J connectivity index is 1.67. The summed E-state index contributed by atoms with van der Waals surface area (Å²) >= 11 is 0. The van der Waals surface area contributed by atoms with Crippen LogP contribution in [0, 0.1) is 5.82 Å². The molecule has 160 valence electrons. The molecule has 0 spiro atoms. The predicted octanol–water partition coefficient (Wildman–Crippen LogP) is 1.05. The molecule has 0 aliphatic carbocycles. The number of rotatable bonds is 4. The first-order chi connectivity index (χ1) is 13.9. The van der Waals surface area contributed by atoms with Gasteiger partial charge in [0.15, 0.2) is 5.82 Å². The van der Waals surface area contributed by atoms with Crippen LogP contribution in [0.5, 0.6) is 5.75 Å². The van der Waals surface area contributed by atoms with Crippen LogP contribution in [0.4, 0.5) is 10.1 Å². The highest BCUT2D eigenvalue weighted by molar-refractivity contribution is 5.77. The Morgan fingerprint density at radius 2 is 2.17 bits per heavy atom. The second kappa shape index (κ2) is 8.57. The van der Waals surface area contributed by atoms with Gasteiger partial charge in [-0.25, -0.2) is 4.39 Å². The van der Waals surface area contributed by atoms with Gasteiger partial charge in [-0.15, -0.1) is 0 Å². The molecule has 1 aromatic rings. The number of anilines is 1. The number of β-amino-alcohol motifs (C(OH)–C–C–N with tert-alkyl or cyclic N) is 1. The SMILES string of the molecule is CNC1CC(C)NC(Nc2cc3c(c(C4=CCN(C)C[C@H](O)C4)c2F)OCC3)N1. The van der Waals surface area contributed by atoms with E-state index in [-0.39, 0.29) is 18.3 Å². The summed E-state index contributed by atoms with van der Waals surface area (Å²) in [6.45, 7) is 3.92. The Labute approximate surface area is 171 Å². The first kappa shape index (κ1) is 20.6. The van der Waals surface area contributed by atoms with Gasteiger partial charge in [0.25, 0.3) is 0 Å². The number of aliphatic hydroxyl groups is 1. The fourth-order valence-electron chi connectivity index (χ4n) is 4.47. The number of hydrogen-bond acceptors (Lipinski definition) is 7. The minimum absolute atomic E-state index is 0.152. The summed E-state index contributed by atoms with van der Waals surface area (Å²) in [5.41, 5.74) is 2.76. The quantitative estimate of drug-likeness (QED) is 0.512. The van der Waals surface area contributed by atoms with Crippen LogP contribution < -0.4 is 26.0 Å². The number of halogens is 1. The summed E-state index contributed by atoms with van der Waals surface area (Å²) in [6, 6.07) is 2.15.